The second-order valence-corrected chi connectivity index (χ2v) is 2.02. The van der Waals surface area contributed by atoms with Crippen LogP contribution < -0.4 is 4.74 Å². The van der Waals surface area contributed by atoms with Gasteiger partial charge < -0.3 is 4.74 Å². The molecule has 0 atom stereocenters. The van der Waals surface area contributed by atoms with Crippen molar-refractivity contribution in [2.24, 2.45) is 0 Å². The van der Waals surface area contributed by atoms with Crippen LogP contribution in [-0.4, -0.2) is 7.11 Å². The van der Waals surface area contributed by atoms with E-state index in [1.54, 1.807) is 13.0 Å². The summed E-state index contributed by atoms with van der Waals surface area (Å²) in [6.07, 6.45) is 0. The molecular formula is C8H8FO. The van der Waals surface area contributed by atoms with Crippen molar-refractivity contribution in [1.82, 2.24) is 0 Å². The minimum Gasteiger partial charge on any atom is -0.493 e. The number of aryl methyl sites for hydroxylation is 1. The fourth-order valence-corrected chi connectivity index (χ4v) is 0.818. The number of halogens is 1. The van der Waals surface area contributed by atoms with Crippen LogP contribution in [0.1, 0.15) is 5.56 Å². The highest BCUT2D eigenvalue weighted by atomic mass is 19.1. The average molecular weight is 139 g/mol. The highest BCUT2D eigenvalue weighted by molar-refractivity contribution is 5.32. The van der Waals surface area contributed by atoms with E-state index in [-0.39, 0.29) is 5.82 Å². The zero-order valence-corrected chi connectivity index (χ0v) is 5.94. The lowest BCUT2D eigenvalue weighted by molar-refractivity contribution is 0.383. The maximum atomic E-state index is 12.7. The summed E-state index contributed by atoms with van der Waals surface area (Å²) in [6.45, 7) is 1.78. The summed E-state index contributed by atoms with van der Waals surface area (Å²) in [6, 6.07) is 5.59. The first kappa shape index (κ1) is 7.06. The molecule has 0 bridgehead atoms. The van der Waals surface area contributed by atoms with E-state index in [0.29, 0.717) is 5.75 Å². The molecule has 1 aromatic rings. The Labute approximate surface area is 59.4 Å². The van der Waals surface area contributed by atoms with E-state index in [2.05, 4.69) is 6.07 Å². The van der Waals surface area contributed by atoms with Gasteiger partial charge in [-0.3, -0.25) is 0 Å². The minimum absolute atomic E-state index is 0.304. The van der Waals surface area contributed by atoms with Gasteiger partial charge in [-0.2, -0.15) is 0 Å². The molecule has 0 aromatic heterocycles. The molecule has 2 heteroatoms. The van der Waals surface area contributed by atoms with E-state index in [4.69, 9.17) is 4.74 Å². The molecule has 0 heterocycles. The standard InChI is InChI=1S/C8H8FO/c1-6-4-3-5-7(9)8(6)10-2/h4-5H,1-2H3. The minimum atomic E-state index is -0.359. The van der Waals surface area contributed by atoms with Crippen molar-refractivity contribution in [2.75, 3.05) is 7.11 Å². The Morgan fingerprint density at radius 2 is 2.20 bits per heavy atom. The van der Waals surface area contributed by atoms with Gasteiger partial charge in [-0.05, 0) is 30.7 Å². The Morgan fingerprint density at radius 3 is 2.60 bits per heavy atom. The van der Waals surface area contributed by atoms with Gasteiger partial charge in [0.15, 0.2) is 11.6 Å². The highest BCUT2D eigenvalue weighted by Crippen LogP contribution is 2.19. The van der Waals surface area contributed by atoms with Crippen molar-refractivity contribution >= 4 is 0 Å². The predicted octanol–water partition coefficient (Wildman–Crippen LogP) is 1.94. The third-order valence-electron chi connectivity index (χ3n) is 1.29. The van der Waals surface area contributed by atoms with Crippen LogP contribution in [-0.2, 0) is 0 Å². The molecule has 0 unspecified atom stereocenters. The molecule has 0 aliphatic carbocycles. The second kappa shape index (κ2) is 2.69. The molecule has 10 heavy (non-hydrogen) atoms. The van der Waals surface area contributed by atoms with Crippen LogP contribution in [0.15, 0.2) is 12.1 Å². The van der Waals surface area contributed by atoms with Crippen LogP contribution >= 0.6 is 0 Å². The maximum Gasteiger partial charge on any atom is 0.165 e. The van der Waals surface area contributed by atoms with Crippen molar-refractivity contribution in [3.63, 3.8) is 0 Å². The number of ether oxygens (including phenoxy) is 1. The molecule has 0 N–H and O–H groups in total. The Morgan fingerprint density at radius 1 is 1.50 bits per heavy atom. The van der Waals surface area contributed by atoms with Gasteiger partial charge in [0, 0.05) is 0 Å². The molecule has 0 amide bonds. The second-order valence-electron chi connectivity index (χ2n) is 2.02. The van der Waals surface area contributed by atoms with E-state index in [0.717, 1.165) is 5.56 Å². The lowest BCUT2D eigenvalue weighted by Crippen LogP contribution is -1.90. The predicted molar refractivity (Wildman–Crippen MR) is 36.5 cm³/mol. The molecule has 1 aromatic carbocycles. The van der Waals surface area contributed by atoms with Crippen LogP contribution in [0.4, 0.5) is 4.39 Å². The zero-order valence-electron chi connectivity index (χ0n) is 5.94. The summed E-state index contributed by atoms with van der Waals surface area (Å²) in [5, 5.41) is 0. The number of hydrogen-bond acceptors (Lipinski definition) is 1. The summed E-state index contributed by atoms with van der Waals surface area (Å²) in [7, 11) is 1.45. The molecule has 1 radical (unpaired) electrons. The summed E-state index contributed by atoms with van der Waals surface area (Å²) in [5.41, 5.74) is 0.766. The van der Waals surface area contributed by atoms with Crippen molar-refractivity contribution in [2.45, 2.75) is 6.92 Å². The average Bonchev–Trinajstić information content (AvgIpc) is 1.88. The van der Waals surface area contributed by atoms with E-state index < -0.39 is 0 Å². The Kier molecular flexibility index (Phi) is 1.90. The van der Waals surface area contributed by atoms with Crippen LogP contribution in [0, 0.1) is 18.8 Å². The van der Waals surface area contributed by atoms with Crippen LogP contribution in [0.5, 0.6) is 5.75 Å². The first-order valence-corrected chi connectivity index (χ1v) is 2.96. The van der Waals surface area contributed by atoms with Crippen LogP contribution in [0.25, 0.3) is 0 Å². The lowest BCUT2D eigenvalue weighted by Gasteiger charge is -2.03. The summed E-state index contributed by atoms with van der Waals surface area (Å²) < 4.78 is 17.5. The van der Waals surface area contributed by atoms with Crippen molar-refractivity contribution in [3.8, 4) is 5.75 Å². The van der Waals surface area contributed by atoms with Gasteiger partial charge in [-0.15, -0.1) is 0 Å². The first-order chi connectivity index (χ1) is 4.75. The zero-order chi connectivity index (χ0) is 7.56. The highest BCUT2D eigenvalue weighted by Gasteiger charge is 2.02. The SMILES string of the molecule is COc1c(C)c[c]cc1F. The fraction of sp³-hybridized carbons (Fsp3) is 0.250. The lowest BCUT2D eigenvalue weighted by atomic mass is 10.2. The number of benzene rings is 1. The number of rotatable bonds is 1. The summed E-state index contributed by atoms with van der Waals surface area (Å²) >= 11 is 0. The van der Waals surface area contributed by atoms with Gasteiger partial charge in [-0.25, -0.2) is 4.39 Å². The topological polar surface area (TPSA) is 9.23 Å². The van der Waals surface area contributed by atoms with E-state index in [9.17, 15) is 4.39 Å². The molecular weight excluding hydrogens is 131 g/mol. The van der Waals surface area contributed by atoms with Gasteiger partial charge in [0.05, 0.1) is 7.11 Å². The van der Waals surface area contributed by atoms with Crippen LogP contribution in [0.2, 0.25) is 0 Å². The molecule has 0 aliphatic heterocycles. The summed E-state index contributed by atoms with van der Waals surface area (Å²) in [5.74, 6) is -0.0544. The molecule has 1 rings (SSSR count). The first-order valence-electron chi connectivity index (χ1n) is 2.96. The van der Waals surface area contributed by atoms with Gasteiger partial charge in [-0.1, -0.05) is 0 Å². The molecule has 1 nitrogen and oxygen atoms in total. The number of methoxy groups -OCH3 is 1. The Hall–Kier alpha value is -1.05. The van der Waals surface area contributed by atoms with Crippen molar-refractivity contribution in [1.29, 1.82) is 0 Å². The van der Waals surface area contributed by atoms with E-state index in [1.165, 1.54) is 13.2 Å². The summed E-state index contributed by atoms with van der Waals surface area (Å²) in [4.78, 5) is 0. The molecule has 0 saturated carbocycles. The van der Waals surface area contributed by atoms with Crippen LogP contribution in [0.3, 0.4) is 0 Å². The number of hydrogen-bond donors (Lipinski definition) is 0. The maximum absolute atomic E-state index is 12.7. The molecule has 0 fully saturated rings. The van der Waals surface area contributed by atoms with Gasteiger partial charge in [0.1, 0.15) is 0 Å². The van der Waals surface area contributed by atoms with Gasteiger partial charge in [0.25, 0.3) is 0 Å². The smallest absolute Gasteiger partial charge is 0.165 e. The third-order valence-corrected chi connectivity index (χ3v) is 1.29. The quantitative estimate of drug-likeness (QED) is 0.577. The van der Waals surface area contributed by atoms with Gasteiger partial charge in [0.2, 0.25) is 0 Å². The Bertz CT molecular complexity index is 212. The third kappa shape index (κ3) is 1.10. The van der Waals surface area contributed by atoms with E-state index >= 15 is 0 Å². The molecule has 0 aliphatic rings. The monoisotopic (exact) mass is 139 g/mol. The molecule has 0 spiro atoms. The fourth-order valence-electron chi connectivity index (χ4n) is 0.818. The van der Waals surface area contributed by atoms with Crippen molar-refractivity contribution < 1.29 is 9.13 Å². The molecule has 0 saturated heterocycles. The van der Waals surface area contributed by atoms with Crippen molar-refractivity contribution in [3.05, 3.63) is 29.6 Å². The van der Waals surface area contributed by atoms with Gasteiger partial charge >= 0.3 is 0 Å². The van der Waals surface area contributed by atoms with E-state index in [1.807, 2.05) is 0 Å². The Balaban J connectivity index is 3.17. The molecule has 53 valence electrons. The largest absolute Gasteiger partial charge is 0.493 e. The normalized spacial score (nSPS) is 9.50.